The molecule has 540 valence electrons. The zero-order chi connectivity index (χ0) is 72.1. The van der Waals surface area contributed by atoms with Crippen LogP contribution >= 0.6 is 0 Å². The van der Waals surface area contributed by atoms with Crippen LogP contribution in [0.4, 0.5) is 17.6 Å². The summed E-state index contributed by atoms with van der Waals surface area (Å²) in [5, 5.41) is 37.3. The molecule has 0 amide bonds. The highest BCUT2D eigenvalue weighted by Gasteiger charge is 2.60. The van der Waals surface area contributed by atoms with Gasteiger partial charge in [-0.15, -0.1) is 0 Å². The van der Waals surface area contributed by atoms with Crippen LogP contribution < -0.4 is 78.7 Å². The van der Waals surface area contributed by atoms with Crippen molar-refractivity contribution in [2.75, 3.05) is 19.6 Å². The predicted molar refractivity (Wildman–Crippen MR) is 362 cm³/mol. The van der Waals surface area contributed by atoms with E-state index in [1.54, 1.807) is 102 Å². The van der Waals surface area contributed by atoms with Crippen molar-refractivity contribution in [1.82, 2.24) is 0 Å². The number of rotatable bonds is 19. The van der Waals surface area contributed by atoms with Crippen LogP contribution in [0.15, 0.2) is 194 Å². The van der Waals surface area contributed by atoms with Gasteiger partial charge in [-0.1, -0.05) is 0 Å². The number of quaternary nitrogens is 1. The van der Waals surface area contributed by atoms with Crippen LogP contribution in [0.25, 0.3) is 0 Å². The van der Waals surface area contributed by atoms with E-state index >= 15 is 0 Å². The summed E-state index contributed by atoms with van der Waals surface area (Å²) < 4.78 is 90.3. The molecule has 8 aliphatic carbocycles. The zero-order valence-corrected chi connectivity index (χ0v) is 62.2. The Morgan fingerprint density at radius 2 is 0.578 bits per heavy atom. The lowest BCUT2D eigenvalue weighted by Crippen LogP contribution is -3.61. The molecule has 8 fully saturated rings. The van der Waals surface area contributed by atoms with Crippen LogP contribution in [0.1, 0.15) is 98.8 Å². The molecule has 0 aromatic heterocycles. The molecule has 8 aromatic rings. The first kappa shape index (κ1) is 78.0. The molecule has 8 bridgehead atoms. The van der Waals surface area contributed by atoms with Crippen molar-refractivity contribution in [3.8, 4) is 69.0 Å². The van der Waals surface area contributed by atoms with Gasteiger partial charge in [0.05, 0.1) is 19.6 Å². The summed E-state index contributed by atoms with van der Waals surface area (Å²) in [6.07, 6.45) is 6.45. The second-order valence-electron chi connectivity index (χ2n) is 26.6. The zero-order valence-electron chi connectivity index (χ0n) is 57.1. The summed E-state index contributed by atoms with van der Waals surface area (Å²) in [7, 11) is 0. The highest BCUT2D eigenvalue weighted by atomic mass is 127. The minimum Gasteiger partial charge on any atom is -1.00 e. The number of benzene rings is 8. The number of aromatic hydroxyl groups is 4. The van der Waals surface area contributed by atoms with Crippen molar-refractivity contribution in [1.29, 1.82) is 0 Å². The van der Waals surface area contributed by atoms with Gasteiger partial charge in [-0.05, 0) is 291 Å². The highest BCUT2D eigenvalue weighted by Crippen LogP contribution is 2.57. The SMILES string of the molecule is CC(F)(F)C(=O)OC12CC3CC(C1)C(=O)C(C3)C2.CC(F)(F)C(=O)OC12CC3CC(C1)C(=O)C(C3)C2.CC[NH+](CC)CC.Oc1ccc(Oc2ccc([I+]c3ccc(Oc4ccc(O)cc4)cc3)cc2)cc1.Oc1ccc(Oc2ccc([I+]c3ccc(Oc4ccc(O)cc4)cc3)cc2)cc1.[Cl-]. The van der Waals surface area contributed by atoms with Gasteiger partial charge in [-0.2, -0.15) is 17.6 Å². The molecule has 0 aliphatic heterocycles. The number of hydrogen-bond acceptors (Lipinski definition) is 14. The van der Waals surface area contributed by atoms with E-state index in [-0.39, 0.29) is 113 Å². The number of phenolic OH excluding ortho intramolecular Hbond substituents is 4. The lowest BCUT2D eigenvalue weighted by atomic mass is 9.53. The van der Waals surface area contributed by atoms with E-state index in [0.717, 1.165) is 48.7 Å². The highest BCUT2D eigenvalue weighted by molar-refractivity contribution is 5.87. The normalized spacial score (nSPS) is 21.5. The molecule has 5 N–H and O–H groups in total. The second kappa shape index (κ2) is 34.9. The Bertz CT molecular complexity index is 3570. The molecule has 102 heavy (non-hydrogen) atoms. The van der Waals surface area contributed by atoms with Gasteiger partial charge < -0.3 is 66.2 Å². The van der Waals surface area contributed by atoms with Crippen LogP contribution in [-0.4, -0.2) is 86.6 Å². The molecule has 15 nitrogen and oxygen atoms in total. The van der Waals surface area contributed by atoms with E-state index in [0.29, 0.717) is 87.2 Å². The number of ether oxygens (including phenoxy) is 6. The molecular formula is C80H84ClF4I2NO14+2. The van der Waals surface area contributed by atoms with Gasteiger partial charge in [0, 0.05) is 37.5 Å². The maximum Gasteiger partial charge on any atom is 0.377 e. The number of halogens is 7. The number of alkyl halides is 4. The van der Waals surface area contributed by atoms with Gasteiger partial charge in [-0.3, -0.25) is 9.59 Å². The van der Waals surface area contributed by atoms with Crippen LogP contribution in [0.5, 0.6) is 69.0 Å². The minimum absolute atomic E-state index is 0. The molecule has 0 spiro atoms. The van der Waals surface area contributed by atoms with Crippen molar-refractivity contribution < 1.29 is 145 Å². The average molecular weight is 1650 g/mol. The third kappa shape index (κ3) is 22.0. The summed E-state index contributed by atoms with van der Waals surface area (Å²) in [5.41, 5.74) is -1.58. The molecule has 0 radical (unpaired) electrons. The lowest BCUT2D eigenvalue weighted by molar-refractivity contribution is -0.894. The number of carbonyl (C=O) groups is 4. The van der Waals surface area contributed by atoms with E-state index < -0.39 is 35.0 Å². The van der Waals surface area contributed by atoms with E-state index in [9.17, 15) is 57.2 Å². The van der Waals surface area contributed by atoms with Crippen molar-refractivity contribution in [2.24, 2.45) is 35.5 Å². The first-order chi connectivity index (χ1) is 48.2. The predicted octanol–water partition coefficient (Wildman–Crippen LogP) is 7.22. The Morgan fingerprint density at radius 3 is 0.755 bits per heavy atom. The number of Topliss-reactive ketones (excluding diaryl/α,β-unsaturated/α-hetero) is 2. The molecule has 4 unspecified atom stereocenters. The lowest BCUT2D eigenvalue weighted by Gasteiger charge is -2.54. The molecule has 8 aromatic carbocycles. The van der Waals surface area contributed by atoms with Crippen molar-refractivity contribution in [2.45, 2.75) is 122 Å². The van der Waals surface area contributed by atoms with Crippen LogP contribution in [-0.2, 0) is 28.7 Å². The van der Waals surface area contributed by atoms with E-state index in [1.165, 1.54) is 33.9 Å². The summed E-state index contributed by atoms with van der Waals surface area (Å²) >= 11 is -0.608. The van der Waals surface area contributed by atoms with Gasteiger partial charge in [0.25, 0.3) is 0 Å². The standard InChI is InChI=1S/2C24H17IO4.2C13H16F2O3.C6H15N.ClH/c2*26-19-5-13-23(14-6-19)28-21-9-1-17(2-10-21)25-18-3-11-22(12-4-18)29-24-15-7-20(27)8-16-24;2*1-12(14,15)11(17)18-13-4-7-2-8(5-13)10(16)9(3-7)6-13;1-4-7(5-2)6-3;/h2*1-16H,(H-,26,27);2*7-9H,2-6H2,1H3;4-6H2,1-3H3;1H/p+2. The maximum absolute atomic E-state index is 12.9. The summed E-state index contributed by atoms with van der Waals surface area (Å²) in [6, 6.07) is 59.1. The Hall–Kier alpha value is -8.13. The summed E-state index contributed by atoms with van der Waals surface area (Å²) in [6.45, 7) is 11.6. The molecule has 8 aliphatic rings. The quantitative estimate of drug-likeness (QED) is 0.0308. The van der Waals surface area contributed by atoms with E-state index in [4.69, 9.17) is 28.4 Å². The third-order valence-corrected chi connectivity index (χ3v) is 24.1. The Kier molecular flexibility index (Phi) is 26.7. The molecule has 22 heteroatoms. The number of esters is 2. The molecule has 4 atom stereocenters. The molecule has 0 saturated heterocycles. The van der Waals surface area contributed by atoms with Crippen molar-refractivity contribution >= 4 is 23.5 Å². The monoisotopic (exact) mass is 1650 g/mol. The van der Waals surface area contributed by atoms with Gasteiger partial charge in [0.1, 0.15) is 91.8 Å². The Balaban J connectivity index is 0.000000156. The maximum atomic E-state index is 12.9. The Labute approximate surface area is 618 Å². The Morgan fingerprint density at radius 1 is 0.382 bits per heavy atom. The average Bonchev–Trinajstić information content (AvgIpc) is 0.742. The topological polar surface area (TPSA) is 209 Å². The largest absolute Gasteiger partial charge is 1.00 e. The van der Waals surface area contributed by atoms with Gasteiger partial charge >= 0.3 is 66.2 Å². The number of nitrogens with one attached hydrogen (secondary N) is 1. The molecule has 16 rings (SSSR count). The number of ketones is 2. The number of carbonyl (C=O) groups excluding carboxylic acids is 4. The fourth-order valence-corrected chi connectivity index (χ4v) is 18.4. The van der Waals surface area contributed by atoms with Gasteiger partial charge in [0.15, 0.2) is 14.3 Å². The van der Waals surface area contributed by atoms with Crippen LogP contribution in [0.3, 0.4) is 0 Å². The molecular weight excluding hydrogens is 1560 g/mol. The second-order valence-corrected chi connectivity index (χ2v) is 32.7. The summed E-state index contributed by atoms with van der Waals surface area (Å²) in [4.78, 5) is 48.2. The number of phenols is 4. The fraction of sp³-hybridized carbons (Fsp3) is 0.350. The molecule has 8 saturated carbocycles. The van der Waals surface area contributed by atoms with Gasteiger partial charge in [-0.25, -0.2) is 9.59 Å². The first-order valence-electron chi connectivity index (χ1n) is 33.9. The van der Waals surface area contributed by atoms with Crippen LogP contribution in [0, 0.1) is 49.8 Å². The van der Waals surface area contributed by atoms with E-state index in [1.807, 2.05) is 48.5 Å². The van der Waals surface area contributed by atoms with Crippen LogP contribution in [0.2, 0.25) is 0 Å². The molecule has 0 heterocycles. The van der Waals surface area contributed by atoms with E-state index in [2.05, 4.69) is 69.3 Å². The smallest absolute Gasteiger partial charge is 0.377 e. The third-order valence-electron chi connectivity index (χ3n) is 18.7. The fourth-order valence-electron chi connectivity index (χ4n) is 14.0. The number of hydrogen-bond donors (Lipinski definition) is 5. The van der Waals surface area contributed by atoms with Crippen molar-refractivity contribution in [3.63, 3.8) is 0 Å². The van der Waals surface area contributed by atoms with Crippen molar-refractivity contribution in [3.05, 3.63) is 208 Å². The minimum atomic E-state index is -3.45. The first-order valence-corrected chi connectivity index (χ1v) is 38.2. The van der Waals surface area contributed by atoms with Gasteiger partial charge in [0.2, 0.25) is 0 Å². The summed E-state index contributed by atoms with van der Waals surface area (Å²) in [5.74, 6) is -2.18.